The fraction of sp³-hybridized carbons (Fsp3) is 0.167. The van der Waals surface area contributed by atoms with Crippen LogP contribution < -0.4 is 10.6 Å². The van der Waals surface area contributed by atoms with Gasteiger partial charge in [-0.15, -0.1) is 0 Å². The van der Waals surface area contributed by atoms with E-state index in [9.17, 15) is 0 Å². The molecule has 2 rings (SSSR count). The third kappa shape index (κ3) is 2.55. The number of benzene rings is 1. The van der Waals surface area contributed by atoms with Gasteiger partial charge in [-0.25, -0.2) is 0 Å². The maximum atomic E-state index is 8.85. The Morgan fingerprint density at radius 1 is 1.44 bits per heavy atom. The second kappa shape index (κ2) is 4.72. The van der Waals surface area contributed by atoms with Gasteiger partial charge in [-0.1, -0.05) is 30.4 Å². The Morgan fingerprint density at radius 3 is 3.06 bits per heavy atom. The van der Waals surface area contributed by atoms with Gasteiger partial charge in [-0.05, 0) is 12.1 Å². The number of para-hydroxylation sites is 1. The van der Waals surface area contributed by atoms with E-state index in [0.717, 1.165) is 5.56 Å². The first kappa shape index (κ1) is 10.6. The van der Waals surface area contributed by atoms with Crippen LogP contribution in [-0.4, -0.2) is 11.2 Å². The van der Waals surface area contributed by atoms with E-state index in [-0.39, 0.29) is 12.0 Å². The van der Waals surface area contributed by atoms with Gasteiger partial charge in [0.15, 0.2) is 11.6 Å². The lowest BCUT2D eigenvalue weighted by Crippen LogP contribution is -2.11. The van der Waals surface area contributed by atoms with E-state index >= 15 is 0 Å². The summed E-state index contributed by atoms with van der Waals surface area (Å²) in [5.41, 5.74) is 6.09. The lowest BCUT2D eigenvalue weighted by Gasteiger charge is -2.09. The molecule has 0 saturated heterocycles. The van der Waals surface area contributed by atoms with Crippen LogP contribution in [0.5, 0.6) is 5.75 Å². The van der Waals surface area contributed by atoms with Crippen LogP contribution in [0.3, 0.4) is 0 Å². The highest BCUT2D eigenvalue weighted by molar-refractivity contribution is 5.57. The standard InChI is InChI=1S/C12H13NO3/c13-12(14)8-7-10-6-5-9-3-1-2-4-11(9)16-15-10/h1-6,8,10,14H,7,13H2/b12-8-. The second-order valence-corrected chi connectivity index (χ2v) is 3.48. The summed E-state index contributed by atoms with van der Waals surface area (Å²) in [6, 6.07) is 7.58. The molecule has 0 amide bonds. The Labute approximate surface area is 93.5 Å². The predicted octanol–water partition coefficient (Wildman–Crippen LogP) is 2.14. The van der Waals surface area contributed by atoms with Crippen LogP contribution >= 0.6 is 0 Å². The SMILES string of the molecule is N/C(O)=C/CC1C=Cc2ccccc2OO1. The molecule has 0 bridgehead atoms. The van der Waals surface area contributed by atoms with Crippen LogP contribution in [0.25, 0.3) is 6.08 Å². The Morgan fingerprint density at radius 2 is 2.25 bits per heavy atom. The number of rotatable bonds is 2. The van der Waals surface area contributed by atoms with Crippen molar-refractivity contribution < 1.29 is 14.9 Å². The molecule has 0 radical (unpaired) electrons. The average Bonchev–Trinajstić information content (AvgIpc) is 2.49. The average molecular weight is 219 g/mol. The quantitative estimate of drug-likeness (QED) is 0.590. The maximum absolute atomic E-state index is 8.85. The Hall–Kier alpha value is -1.94. The molecule has 1 aliphatic rings. The second-order valence-electron chi connectivity index (χ2n) is 3.48. The van der Waals surface area contributed by atoms with Gasteiger partial charge >= 0.3 is 0 Å². The molecule has 0 aromatic heterocycles. The van der Waals surface area contributed by atoms with Gasteiger partial charge in [-0.2, -0.15) is 4.89 Å². The van der Waals surface area contributed by atoms with Crippen LogP contribution in [0.4, 0.5) is 0 Å². The summed E-state index contributed by atoms with van der Waals surface area (Å²) in [7, 11) is 0. The molecule has 4 heteroatoms. The Balaban J connectivity index is 2.08. The van der Waals surface area contributed by atoms with E-state index in [1.165, 1.54) is 6.08 Å². The third-order valence-corrected chi connectivity index (χ3v) is 2.23. The Kier molecular flexibility index (Phi) is 3.12. The van der Waals surface area contributed by atoms with Crippen molar-refractivity contribution in [3.8, 4) is 5.75 Å². The molecule has 4 nitrogen and oxygen atoms in total. The molecule has 0 fully saturated rings. The zero-order chi connectivity index (χ0) is 11.4. The highest BCUT2D eigenvalue weighted by Gasteiger charge is 2.12. The molecular formula is C12H13NO3. The maximum Gasteiger partial charge on any atom is 0.177 e. The molecule has 1 atom stereocenters. The molecule has 0 aliphatic carbocycles. The minimum atomic E-state index is -0.252. The van der Waals surface area contributed by atoms with Crippen LogP contribution in [0, 0.1) is 0 Å². The molecular weight excluding hydrogens is 206 g/mol. The molecule has 1 aromatic rings. The minimum absolute atomic E-state index is 0.209. The normalized spacial score (nSPS) is 19.8. The van der Waals surface area contributed by atoms with Gasteiger partial charge in [0.25, 0.3) is 0 Å². The van der Waals surface area contributed by atoms with Crippen molar-refractivity contribution in [1.29, 1.82) is 0 Å². The summed E-state index contributed by atoms with van der Waals surface area (Å²) >= 11 is 0. The number of fused-ring (bicyclic) bond motifs is 1. The third-order valence-electron chi connectivity index (χ3n) is 2.23. The molecule has 1 heterocycles. The Bertz CT molecular complexity index is 422. The summed E-state index contributed by atoms with van der Waals surface area (Å²) in [6.45, 7) is 0. The van der Waals surface area contributed by atoms with Crippen molar-refractivity contribution in [1.82, 2.24) is 0 Å². The van der Waals surface area contributed by atoms with Crippen LogP contribution in [0.2, 0.25) is 0 Å². The summed E-state index contributed by atoms with van der Waals surface area (Å²) in [5, 5.41) is 8.85. The van der Waals surface area contributed by atoms with Gasteiger partial charge < -0.3 is 15.7 Å². The first-order chi connectivity index (χ1) is 7.75. The fourth-order valence-electron chi connectivity index (χ4n) is 1.41. The van der Waals surface area contributed by atoms with Gasteiger partial charge in [0.05, 0.1) is 0 Å². The van der Waals surface area contributed by atoms with E-state index in [1.807, 2.05) is 36.4 Å². The van der Waals surface area contributed by atoms with Gasteiger partial charge in [0.1, 0.15) is 6.10 Å². The van der Waals surface area contributed by atoms with Gasteiger partial charge in [0, 0.05) is 12.0 Å². The van der Waals surface area contributed by atoms with Crippen molar-refractivity contribution in [2.45, 2.75) is 12.5 Å². The monoisotopic (exact) mass is 219 g/mol. The molecule has 1 aromatic carbocycles. The van der Waals surface area contributed by atoms with E-state index in [2.05, 4.69) is 0 Å². The highest BCUT2D eigenvalue weighted by Crippen LogP contribution is 2.24. The van der Waals surface area contributed by atoms with E-state index in [0.29, 0.717) is 12.2 Å². The van der Waals surface area contributed by atoms with Crippen LogP contribution in [0.1, 0.15) is 12.0 Å². The number of hydrogen-bond donors (Lipinski definition) is 2. The van der Waals surface area contributed by atoms with Crippen molar-refractivity contribution >= 4 is 6.08 Å². The molecule has 1 unspecified atom stereocenters. The van der Waals surface area contributed by atoms with E-state index in [4.69, 9.17) is 20.6 Å². The molecule has 3 N–H and O–H groups in total. The first-order valence-corrected chi connectivity index (χ1v) is 5.01. The summed E-state index contributed by atoms with van der Waals surface area (Å²) in [4.78, 5) is 10.4. The van der Waals surface area contributed by atoms with Crippen molar-refractivity contribution in [3.63, 3.8) is 0 Å². The van der Waals surface area contributed by atoms with Gasteiger partial charge in [-0.3, -0.25) is 0 Å². The number of nitrogens with two attached hydrogens (primary N) is 1. The van der Waals surface area contributed by atoms with E-state index < -0.39 is 0 Å². The van der Waals surface area contributed by atoms with Crippen molar-refractivity contribution in [3.05, 3.63) is 47.9 Å². The molecule has 16 heavy (non-hydrogen) atoms. The lowest BCUT2D eigenvalue weighted by molar-refractivity contribution is -0.229. The fourth-order valence-corrected chi connectivity index (χ4v) is 1.41. The van der Waals surface area contributed by atoms with Crippen LogP contribution in [0.15, 0.2) is 42.3 Å². The summed E-state index contributed by atoms with van der Waals surface area (Å²) in [6.07, 6.45) is 5.49. The predicted molar refractivity (Wildman–Crippen MR) is 60.5 cm³/mol. The highest BCUT2D eigenvalue weighted by atomic mass is 17.2. The largest absolute Gasteiger partial charge is 0.495 e. The lowest BCUT2D eigenvalue weighted by atomic mass is 10.1. The number of aliphatic hydroxyl groups excluding tert-OH is 1. The summed E-state index contributed by atoms with van der Waals surface area (Å²) < 4.78 is 0. The molecule has 0 saturated carbocycles. The van der Waals surface area contributed by atoms with Crippen molar-refractivity contribution in [2.75, 3.05) is 0 Å². The molecule has 0 spiro atoms. The number of aliphatic hydroxyl groups is 1. The smallest absolute Gasteiger partial charge is 0.177 e. The minimum Gasteiger partial charge on any atom is -0.495 e. The van der Waals surface area contributed by atoms with Crippen molar-refractivity contribution in [2.24, 2.45) is 5.73 Å². The van der Waals surface area contributed by atoms with Gasteiger partial charge in [0.2, 0.25) is 0 Å². The zero-order valence-corrected chi connectivity index (χ0v) is 8.67. The molecule has 84 valence electrons. The first-order valence-electron chi connectivity index (χ1n) is 5.01. The van der Waals surface area contributed by atoms with E-state index in [1.54, 1.807) is 0 Å². The zero-order valence-electron chi connectivity index (χ0n) is 8.67. The number of hydrogen-bond acceptors (Lipinski definition) is 4. The molecule has 1 aliphatic heterocycles. The summed E-state index contributed by atoms with van der Waals surface area (Å²) in [5.74, 6) is 0.473. The van der Waals surface area contributed by atoms with Crippen LogP contribution in [-0.2, 0) is 4.89 Å². The topological polar surface area (TPSA) is 64.7 Å².